The maximum absolute atomic E-state index is 14.7. The molecule has 0 radical (unpaired) electrons. The van der Waals surface area contributed by atoms with E-state index in [9.17, 15) is 4.57 Å². The maximum atomic E-state index is 14.7. The van der Waals surface area contributed by atoms with E-state index in [1.807, 2.05) is 67.6 Å². The normalized spacial score (nSPS) is 14.3. The molecule has 1 N–H and O–H groups in total. The molecule has 1 heterocycles. The predicted octanol–water partition coefficient (Wildman–Crippen LogP) is 7.12. The number of para-hydroxylation sites is 2. The molecular formula is C27H26N3O3P. The van der Waals surface area contributed by atoms with Gasteiger partial charge in [-0.2, -0.15) is 0 Å². The number of hydrogen-bond donors (Lipinski definition) is 1. The summed E-state index contributed by atoms with van der Waals surface area (Å²) in [5.41, 5.74) is 2.48. The van der Waals surface area contributed by atoms with Gasteiger partial charge in [-0.05, 0) is 62.2 Å². The van der Waals surface area contributed by atoms with Gasteiger partial charge in [-0.1, -0.05) is 54.1 Å². The first kappa shape index (κ1) is 22.2. The first-order valence-corrected chi connectivity index (χ1v) is 13.0. The molecule has 0 spiro atoms. The van der Waals surface area contributed by atoms with Crippen molar-refractivity contribution in [2.45, 2.75) is 31.5 Å². The lowest BCUT2D eigenvalue weighted by Crippen LogP contribution is -2.20. The van der Waals surface area contributed by atoms with Crippen molar-refractivity contribution in [1.29, 1.82) is 0 Å². The van der Waals surface area contributed by atoms with Crippen molar-refractivity contribution in [2.75, 3.05) is 5.32 Å². The van der Waals surface area contributed by atoms with Crippen molar-refractivity contribution >= 4 is 13.3 Å². The van der Waals surface area contributed by atoms with Crippen LogP contribution in [0.3, 0.4) is 0 Å². The highest BCUT2D eigenvalue weighted by atomic mass is 31.2. The van der Waals surface area contributed by atoms with E-state index in [2.05, 4.69) is 10.3 Å². The Bertz CT molecular complexity index is 1230. The number of nitrogens with zero attached hydrogens (tertiary/aromatic N) is 2. The minimum Gasteiger partial charge on any atom is -0.414 e. The molecule has 172 valence electrons. The molecule has 34 heavy (non-hydrogen) atoms. The number of rotatable bonds is 9. The van der Waals surface area contributed by atoms with Gasteiger partial charge in [0, 0.05) is 17.8 Å². The Morgan fingerprint density at radius 2 is 1.44 bits per heavy atom. The van der Waals surface area contributed by atoms with Gasteiger partial charge in [-0.15, -0.1) is 0 Å². The molecule has 0 bridgehead atoms. The second-order valence-electron chi connectivity index (χ2n) is 8.38. The van der Waals surface area contributed by atoms with Gasteiger partial charge in [0.1, 0.15) is 17.3 Å². The van der Waals surface area contributed by atoms with Crippen LogP contribution in [-0.2, 0) is 4.57 Å². The number of anilines is 1. The highest BCUT2D eigenvalue weighted by Crippen LogP contribution is 2.60. The fraction of sp³-hybridized carbons (Fsp3) is 0.185. The average Bonchev–Trinajstić information content (AvgIpc) is 3.71. The van der Waals surface area contributed by atoms with Crippen LogP contribution >= 0.6 is 7.60 Å². The molecule has 4 aromatic rings. The third kappa shape index (κ3) is 5.29. The van der Waals surface area contributed by atoms with Crippen molar-refractivity contribution in [2.24, 2.45) is 0 Å². The Kier molecular flexibility index (Phi) is 6.33. The Hall–Kier alpha value is -3.63. The average molecular weight is 471 g/mol. The summed E-state index contributed by atoms with van der Waals surface area (Å²) in [4.78, 5) is 9.23. The molecule has 7 heteroatoms. The second kappa shape index (κ2) is 9.70. The molecule has 1 aliphatic carbocycles. The SMILES string of the molecule is Cc1ccc(NC(c2ccnc(C3CC3)n2)P(=O)(Oc2ccccc2)Oc2ccccc2)cc1. The maximum Gasteiger partial charge on any atom is 0.459 e. The molecule has 3 aromatic carbocycles. The molecule has 6 nitrogen and oxygen atoms in total. The van der Waals surface area contributed by atoms with Gasteiger partial charge in [0.25, 0.3) is 0 Å². The summed E-state index contributed by atoms with van der Waals surface area (Å²) in [7, 11) is -3.90. The Balaban J connectivity index is 1.59. The minimum atomic E-state index is -3.90. The van der Waals surface area contributed by atoms with E-state index in [0.29, 0.717) is 23.1 Å². The summed E-state index contributed by atoms with van der Waals surface area (Å²) in [6.07, 6.45) is 3.85. The summed E-state index contributed by atoms with van der Waals surface area (Å²) in [5.74, 6) is 1.16. The first-order chi connectivity index (χ1) is 16.6. The Morgan fingerprint density at radius 3 is 2.00 bits per heavy atom. The number of aryl methyl sites for hydroxylation is 1. The van der Waals surface area contributed by atoms with Crippen LogP contribution in [0.4, 0.5) is 5.69 Å². The molecular weight excluding hydrogens is 445 g/mol. The molecule has 1 saturated carbocycles. The molecule has 0 aliphatic heterocycles. The van der Waals surface area contributed by atoms with Crippen LogP contribution in [-0.4, -0.2) is 9.97 Å². The highest BCUT2D eigenvalue weighted by Gasteiger charge is 2.42. The van der Waals surface area contributed by atoms with E-state index < -0.39 is 13.4 Å². The van der Waals surface area contributed by atoms with Crippen LogP contribution in [0.2, 0.25) is 0 Å². The standard InChI is InChI=1S/C27H26N3O3P/c1-20-12-16-22(17-13-20)29-27(25-18-19-28-26(30-25)21-14-15-21)34(31,32-23-8-4-2-5-9-23)33-24-10-6-3-7-11-24/h2-13,16-19,21,27,29H,14-15H2,1H3. The van der Waals surface area contributed by atoms with Crippen molar-refractivity contribution in [3.63, 3.8) is 0 Å². The minimum absolute atomic E-state index is 0.351. The molecule has 1 fully saturated rings. The quantitative estimate of drug-likeness (QED) is 0.262. The zero-order chi connectivity index (χ0) is 23.4. The largest absolute Gasteiger partial charge is 0.459 e. The topological polar surface area (TPSA) is 73.3 Å². The third-order valence-corrected chi connectivity index (χ3v) is 7.50. The summed E-state index contributed by atoms with van der Waals surface area (Å²) in [6, 6.07) is 27.8. The van der Waals surface area contributed by atoms with Gasteiger partial charge >= 0.3 is 7.60 Å². The molecule has 0 amide bonds. The van der Waals surface area contributed by atoms with Crippen LogP contribution in [0.15, 0.2) is 97.2 Å². The van der Waals surface area contributed by atoms with Crippen LogP contribution in [0.1, 0.15) is 41.6 Å². The summed E-state index contributed by atoms with van der Waals surface area (Å²) in [5, 5.41) is 3.39. The van der Waals surface area contributed by atoms with Gasteiger partial charge < -0.3 is 14.4 Å². The summed E-state index contributed by atoms with van der Waals surface area (Å²) >= 11 is 0. The van der Waals surface area contributed by atoms with Gasteiger partial charge in [-0.25, -0.2) is 14.5 Å². The second-order valence-corrected chi connectivity index (χ2v) is 10.3. The number of aromatic nitrogens is 2. The van der Waals surface area contributed by atoms with Gasteiger partial charge in [0.2, 0.25) is 0 Å². The zero-order valence-electron chi connectivity index (χ0n) is 18.9. The lowest BCUT2D eigenvalue weighted by atomic mass is 10.2. The van der Waals surface area contributed by atoms with Crippen LogP contribution in [0.5, 0.6) is 11.5 Å². The fourth-order valence-electron chi connectivity index (χ4n) is 3.58. The number of nitrogens with one attached hydrogen (secondary N) is 1. The van der Waals surface area contributed by atoms with Gasteiger partial charge in [0.15, 0.2) is 5.78 Å². The lowest BCUT2D eigenvalue weighted by molar-refractivity contribution is 0.375. The predicted molar refractivity (Wildman–Crippen MR) is 133 cm³/mol. The molecule has 1 atom stereocenters. The van der Waals surface area contributed by atoms with Crippen molar-refractivity contribution in [1.82, 2.24) is 9.97 Å². The van der Waals surface area contributed by atoms with Crippen LogP contribution < -0.4 is 14.4 Å². The van der Waals surface area contributed by atoms with E-state index in [1.165, 1.54) is 0 Å². The smallest absolute Gasteiger partial charge is 0.414 e. The monoisotopic (exact) mass is 471 g/mol. The van der Waals surface area contributed by atoms with Gasteiger partial charge in [0.05, 0.1) is 5.69 Å². The van der Waals surface area contributed by atoms with E-state index in [4.69, 9.17) is 14.0 Å². The van der Waals surface area contributed by atoms with Gasteiger partial charge in [-0.3, -0.25) is 0 Å². The first-order valence-electron chi connectivity index (χ1n) is 11.3. The summed E-state index contributed by atoms with van der Waals surface area (Å²) < 4.78 is 26.9. The third-order valence-electron chi connectivity index (χ3n) is 5.54. The summed E-state index contributed by atoms with van der Waals surface area (Å²) in [6.45, 7) is 2.02. The van der Waals surface area contributed by atoms with Crippen LogP contribution in [0.25, 0.3) is 0 Å². The van der Waals surface area contributed by atoms with Crippen molar-refractivity contribution in [3.8, 4) is 11.5 Å². The number of benzene rings is 3. The van der Waals surface area contributed by atoms with Crippen molar-refractivity contribution in [3.05, 3.63) is 114 Å². The van der Waals surface area contributed by atoms with E-state index in [0.717, 1.165) is 29.9 Å². The molecule has 1 unspecified atom stereocenters. The zero-order valence-corrected chi connectivity index (χ0v) is 19.8. The Labute approximate surface area is 199 Å². The van der Waals surface area contributed by atoms with E-state index in [-0.39, 0.29) is 0 Å². The highest BCUT2D eigenvalue weighted by molar-refractivity contribution is 7.55. The molecule has 5 rings (SSSR count). The molecule has 1 aliphatic rings. The van der Waals surface area contributed by atoms with E-state index >= 15 is 0 Å². The van der Waals surface area contributed by atoms with Crippen molar-refractivity contribution < 1.29 is 13.6 Å². The van der Waals surface area contributed by atoms with Crippen LogP contribution in [0, 0.1) is 6.92 Å². The number of hydrogen-bond acceptors (Lipinski definition) is 6. The lowest BCUT2D eigenvalue weighted by Gasteiger charge is -2.28. The molecule has 1 aromatic heterocycles. The fourth-order valence-corrected chi connectivity index (χ4v) is 5.44. The Morgan fingerprint density at radius 1 is 0.853 bits per heavy atom. The van der Waals surface area contributed by atoms with E-state index in [1.54, 1.807) is 36.5 Å². The molecule has 0 saturated heterocycles.